The highest BCUT2D eigenvalue weighted by Crippen LogP contribution is 1.96. The number of hydrogen-bond acceptors (Lipinski definition) is 4. The van der Waals surface area contributed by atoms with E-state index in [4.69, 9.17) is 5.11 Å². The summed E-state index contributed by atoms with van der Waals surface area (Å²) in [5.41, 5.74) is 3.37. The van der Waals surface area contributed by atoms with Gasteiger partial charge in [-0.15, -0.1) is 0 Å². The lowest BCUT2D eigenvalue weighted by Crippen LogP contribution is -2.19. The van der Waals surface area contributed by atoms with Crippen molar-refractivity contribution in [3.05, 3.63) is 30.1 Å². The zero-order chi connectivity index (χ0) is 12.7. The van der Waals surface area contributed by atoms with Crippen LogP contribution < -0.4 is 5.43 Å². The first-order valence-electron chi connectivity index (χ1n) is 5.05. The maximum atomic E-state index is 11.5. The third kappa shape index (κ3) is 5.71. The zero-order valence-electron chi connectivity index (χ0n) is 9.88. The van der Waals surface area contributed by atoms with E-state index in [9.17, 15) is 9.59 Å². The molecule has 0 bridgehead atoms. The molecular weight excluding hydrogens is 238 g/mol. The number of carbonyl (C=O) groups excluding carboxylic acids is 1. The standard InChI is InChI=1S/C11H13N3O3.H2O/c1-8(2-3-10(15)16)13-14-11(17)9-4-6-12-7-5-9;/h4-7H,2-3H2,1H3,(H,14,17)(H,15,16);1H2/b13-8+;. The molecule has 0 fully saturated rings. The molecule has 1 aromatic rings. The molecule has 0 atom stereocenters. The number of pyridine rings is 1. The van der Waals surface area contributed by atoms with E-state index in [1.807, 2.05) is 0 Å². The number of aliphatic carboxylic acids is 1. The number of carboxylic acids is 1. The second-order valence-electron chi connectivity index (χ2n) is 3.42. The molecule has 1 rings (SSSR count). The molecule has 7 nitrogen and oxygen atoms in total. The van der Waals surface area contributed by atoms with Crippen LogP contribution in [0, 0.1) is 0 Å². The molecule has 1 aromatic heterocycles. The number of aromatic nitrogens is 1. The molecule has 0 unspecified atom stereocenters. The van der Waals surface area contributed by atoms with Gasteiger partial charge in [-0.1, -0.05) is 0 Å². The lowest BCUT2D eigenvalue weighted by Gasteiger charge is -2.01. The van der Waals surface area contributed by atoms with Crippen LogP contribution in [0.1, 0.15) is 30.1 Å². The Labute approximate surface area is 104 Å². The Morgan fingerprint density at radius 3 is 2.50 bits per heavy atom. The number of carbonyl (C=O) groups is 2. The minimum atomic E-state index is -0.889. The van der Waals surface area contributed by atoms with Crippen molar-refractivity contribution in [3.63, 3.8) is 0 Å². The predicted molar refractivity (Wildman–Crippen MR) is 65.3 cm³/mol. The Morgan fingerprint density at radius 1 is 1.33 bits per heavy atom. The second-order valence-corrected chi connectivity index (χ2v) is 3.42. The van der Waals surface area contributed by atoms with Crippen LogP contribution in [0.5, 0.6) is 0 Å². The molecule has 18 heavy (non-hydrogen) atoms. The molecule has 0 aliphatic carbocycles. The average Bonchev–Trinajstić information content (AvgIpc) is 2.34. The Bertz CT molecular complexity index is 431. The van der Waals surface area contributed by atoms with Gasteiger partial charge in [0.25, 0.3) is 5.91 Å². The lowest BCUT2D eigenvalue weighted by molar-refractivity contribution is -0.136. The SMILES string of the molecule is C/C(CCC(=O)O)=N\NC(=O)c1ccncc1.O. The molecule has 0 aromatic carbocycles. The maximum Gasteiger partial charge on any atom is 0.303 e. The topological polar surface area (TPSA) is 123 Å². The fraction of sp³-hybridized carbons (Fsp3) is 0.273. The van der Waals surface area contributed by atoms with Crippen LogP contribution in [0.2, 0.25) is 0 Å². The van der Waals surface area contributed by atoms with Crippen LogP contribution in [0.3, 0.4) is 0 Å². The molecule has 7 heteroatoms. The fourth-order valence-electron chi connectivity index (χ4n) is 1.06. The first kappa shape index (κ1) is 15.7. The van der Waals surface area contributed by atoms with Crippen LogP contribution in [0.25, 0.3) is 0 Å². The second kappa shape index (κ2) is 7.91. The van der Waals surface area contributed by atoms with Crippen molar-refractivity contribution in [2.24, 2.45) is 5.10 Å². The molecule has 1 amide bonds. The molecule has 1 heterocycles. The molecule has 4 N–H and O–H groups in total. The van der Waals surface area contributed by atoms with E-state index < -0.39 is 5.97 Å². The average molecular weight is 253 g/mol. The number of carboxylic acid groups (broad SMARTS) is 1. The van der Waals surface area contributed by atoms with E-state index in [-0.39, 0.29) is 17.8 Å². The van der Waals surface area contributed by atoms with Gasteiger partial charge >= 0.3 is 5.97 Å². The third-order valence-corrected chi connectivity index (χ3v) is 1.99. The normalized spacial score (nSPS) is 10.4. The van der Waals surface area contributed by atoms with Crippen LogP contribution in [-0.2, 0) is 4.79 Å². The summed E-state index contributed by atoms with van der Waals surface area (Å²) in [6.07, 6.45) is 3.33. The van der Waals surface area contributed by atoms with E-state index >= 15 is 0 Å². The number of amides is 1. The summed E-state index contributed by atoms with van der Waals surface area (Å²) < 4.78 is 0. The van der Waals surface area contributed by atoms with E-state index in [1.54, 1.807) is 19.1 Å². The van der Waals surface area contributed by atoms with E-state index in [1.165, 1.54) is 12.4 Å². The number of nitrogens with one attached hydrogen (secondary N) is 1. The summed E-state index contributed by atoms with van der Waals surface area (Å²) in [6.45, 7) is 1.66. The third-order valence-electron chi connectivity index (χ3n) is 1.99. The van der Waals surface area contributed by atoms with Gasteiger partial charge in [-0.3, -0.25) is 14.6 Å². The predicted octanol–water partition coefficient (Wildman–Crippen LogP) is 0.227. The molecule has 0 saturated carbocycles. The Kier molecular flexibility index (Phi) is 6.91. The number of hydrogen-bond donors (Lipinski definition) is 2. The smallest absolute Gasteiger partial charge is 0.303 e. The highest BCUT2D eigenvalue weighted by Gasteiger charge is 2.03. The zero-order valence-corrected chi connectivity index (χ0v) is 9.88. The lowest BCUT2D eigenvalue weighted by atomic mass is 10.2. The monoisotopic (exact) mass is 253 g/mol. The van der Waals surface area contributed by atoms with Gasteiger partial charge < -0.3 is 10.6 Å². The first-order chi connectivity index (χ1) is 8.09. The van der Waals surface area contributed by atoms with Crippen molar-refractivity contribution in [3.8, 4) is 0 Å². The summed E-state index contributed by atoms with van der Waals surface area (Å²) in [5, 5.41) is 12.3. The highest BCUT2D eigenvalue weighted by atomic mass is 16.4. The van der Waals surface area contributed by atoms with Gasteiger partial charge in [0.1, 0.15) is 0 Å². The van der Waals surface area contributed by atoms with E-state index in [0.29, 0.717) is 17.7 Å². The summed E-state index contributed by atoms with van der Waals surface area (Å²) >= 11 is 0. The van der Waals surface area contributed by atoms with Gasteiger partial charge in [0.2, 0.25) is 0 Å². The van der Waals surface area contributed by atoms with E-state index in [0.717, 1.165) is 0 Å². The maximum absolute atomic E-state index is 11.5. The Hall–Kier alpha value is -2.28. The number of nitrogens with zero attached hydrogens (tertiary/aromatic N) is 2. The van der Waals surface area contributed by atoms with Crippen molar-refractivity contribution in [2.75, 3.05) is 0 Å². The molecule has 98 valence electrons. The number of hydrazone groups is 1. The summed E-state index contributed by atoms with van der Waals surface area (Å²) in [7, 11) is 0. The van der Waals surface area contributed by atoms with Gasteiger partial charge in [-0.25, -0.2) is 5.43 Å². The minimum Gasteiger partial charge on any atom is -0.481 e. The molecule has 0 radical (unpaired) electrons. The fourth-order valence-corrected chi connectivity index (χ4v) is 1.06. The molecular formula is C11H15N3O4. The highest BCUT2D eigenvalue weighted by molar-refractivity contribution is 5.95. The van der Waals surface area contributed by atoms with Gasteiger partial charge in [0.15, 0.2) is 0 Å². The van der Waals surface area contributed by atoms with Crippen molar-refractivity contribution in [2.45, 2.75) is 19.8 Å². The summed E-state index contributed by atoms with van der Waals surface area (Å²) in [4.78, 5) is 25.6. The summed E-state index contributed by atoms with van der Waals surface area (Å²) in [5.74, 6) is -1.23. The van der Waals surface area contributed by atoms with Gasteiger partial charge in [-0.05, 0) is 25.5 Å². The van der Waals surface area contributed by atoms with Crippen LogP contribution in [-0.4, -0.2) is 33.2 Å². The number of rotatable bonds is 5. The Morgan fingerprint density at radius 2 is 1.94 bits per heavy atom. The molecule has 0 aliphatic rings. The van der Waals surface area contributed by atoms with Crippen molar-refractivity contribution >= 4 is 17.6 Å². The summed E-state index contributed by atoms with van der Waals surface area (Å²) in [6, 6.07) is 3.13. The quantitative estimate of drug-likeness (QED) is 0.575. The van der Waals surface area contributed by atoms with Crippen molar-refractivity contribution in [1.82, 2.24) is 10.4 Å². The van der Waals surface area contributed by atoms with Gasteiger partial charge in [0.05, 0.1) is 6.42 Å². The van der Waals surface area contributed by atoms with Crippen LogP contribution in [0.4, 0.5) is 0 Å². The van der Waals surface area contributed by atoms with Crippen LogP contribution >= 0.6 is 0 Å². The molecule has 0 aliphatic heterocycles. The van der Waals surface area contributed by atoms with E-state index in [2.05, 4.69) is 15.5 Å². The first-order valence-corrected chi connectivity index (χ1v) is 5.05. The van der Waals surface area contributed by atoms with Crippen molar-refractivity contribution in [1.29, 1.82) is 0 Å². The molecule has 0 saturated heterocycles. The van der Waals surface area contributed by atoms with Crippen LogP contribution in [0.15, 0.2) is 29.6 Å². The van der Waals surface area contributed by atoms with Gasteiger partial charge in [-0.2, -0.15) is 5.10 Å². The Balaban J connectivity index is 0.00000289. The van der Waals surface area contributed by atoms with Gasteiger partial charge in [0, 0.05) is 23.7 Å². The molecule has 0 spiro atoms. The van der Waals surface area contributed by atoms with Crippen molar-refractivity contribution < 1.29 is 20.2 Å². The minimum absolute atomic E-state index is 0. The largest absolute Gasteiger partial charge is 0.481 e.